The van der Waals surface area contributed by atoms with Crippen molar-refractivity contribution >= 4 is 11.7 Å². The molecule has 0 spiro atoms. The maximum Gasteiger partial charge on any atom is 0.220 e. The molecule has 14 heavy (non-hydrogen) atoms. The minimum atomic E-state index is 0.119. The van der Waals surface area contributed by atoms with Gasteiger partial charge < -0.3 is 21.6 Å². The summed E-state index contributed by atoms with van der Waals surface area (Å²) in [7, 11) is 0. The van der Waals surface area contributed by atoms with Crippen LogP contribution < -0.4 is 16.4 Å². The van der Waals surface area contributed by atoms with E-state index in [1.165, 1.54) is 0 Å². The zero-order chi connectivity index (χ0) is 10.4. The zero-order valence-electron chi connectivity index (χ0n) is 7.99. The average molecular weight is 200 g/mol. The van der Waals surface area contributed by atoms with Crippen LogP contribution in [0, 0.1) is 0 Å². The van der Waals surface area contributed by atoms with Crippen LogP contribution in [0.15, 0.2) is 5.16 Å². The van der Waals surface area contributed by atoms with E-state index in [0.717, 1.165) is 13.0 Å². The summed E-state index contributed by atoms with van der Waals surface area (Å²) in [6, 6.07) is 0.231. The molecule has 1 unspecified atom stereocenters. The van der Waals surface area contributed by atoms with Crippen LogP contribution in [0.25, 0.3) is 0 Å². The maximum absolute atomic E-state index is 10.8. The molecule has 1 aliphatic heterocycles. The molecular weight excluding hydrogens is 184 g/mol. The summed E-state index contributed by atoms with van der Waals surface area (Å²) in [5, 5.41) is 17.1. The Bertz CT molecular complexity index is 229. The smallest absolute Gasteiger partial charge is 0.220 e. The molecular formula is C8H16N4O2. The van der Waals surface area contributed by atoms with E-state index in [0.29, 0.717) is 19.4 Å². The van der Waals surface area contributed by atoms with Crippen LogP contribution >= 0.6 is 0 Å². The molecule has 0 aliphatic carbocycles. The number of nitrogens with one attached hydrogen (secondary N) is 2. The predicted octanol–water partition coefficient (Wildman–Crippen LogP) is -1.01. The lowest BCUT2D eigenvalue weighted by Crippen LogP contribution is -2.36. The largest absolute Gasteiger partial charge is 0.409 e. The Labute approximate surface area is 82.5 Å². The summed E-state index contributed by atoms with van der Waals surface area (Å²) in [5.74, 6) is 0.334. The SMILES string of the molecule is NC(CCNCC1CCC(=O)N1)=NO. The topological polar surface area (TPSA) is 99.7 Å². The molecule has 5 N–H and O–H groups in total. The van der Waals surface area contributed by atoms with Gasteiger partial charge in [0.2, 0.25) is 5.91 Å². The summed E-state index contributed by atoms with van der Waals surface area (Å²) >= 11 is 0. The molecule has 0 aromatic rings. The van der Waals surface area contributed by atoms with Gasteiger partial charge in [-0.3, -0.25) is 4.79 Å². The van der Waals surface area contributed by atoms with Gasteiger partial charge in [0.05, 0.1) is 0 Å². The van der Waals surface area contributed by atoms with Crippen LogP contribution in [0.2, 0.25) is 0 Å². The van der Waals surface area contributed by atoms with E-state index >= 15 is 0 Å². The van der Waals surface area contributed by atoms with Crippen LogP contribution in [0.4, 0.5) is 0 Å². The Morgan fingerprint density at radius 1 is 1.79 bits per heavy atom. The van der Waals surface area contributed by atoms with E-state index in [9.17, 15) is 4.79 Å². The second-order valence-electron chi connectivity index (χ2n) is 3.35. The highest BCUT2D eigenvalue weighted by molar-refractivity contribution is 5.79. The molecule has 0 aromatic heterocycles. The number of amides is 1. The highest BCUT2D eigenvalue weighted by Gasteiger charge is 2.19. The Balaban J connectivity index is 2.02. The lowest BCUT2D eigenvalue weighted by Gasteiger charge is -2.10. The minimum absolute atomic E-state index is 0.119. The van der Waals surface area contributed by atoms with Crippen molar-refractivity contribution in [3.63, 3.8) is 0 Å². The first kappa shape index (κ1) is 10.8. The predicted molar refractivity (Wildman–Crippen MR) is 52.1 cm³/mol. The molecule has 0 bridgehead atoms. The monoisotopic (exact) mass is 200 g/mol. The molecule has 1 rings (SSSR count). The van der Waals surface area contributed by atoms with Crippen LogP contribution in [-0.4, -0.2) is 36.1 Å². The number of hydrogen-bond acceptors (Lipinski definition) is 4. The third kappa shape index (κ3) is 3.61. The van der Waals surface area contributed by atoms with Gasteiger partial charge in [-0.1, -0.05) is 5.16 Å². The molecule has 0 radical (unpaired) electrons. The average Bonchev–Trinajstić information content (AvgIpc) is 2.58. The number of carbonyl (C=O) groups excluding carboxylic acids is 1. The van der Waals surface area contributed by atoms with Gasteiger partial charge in [-0.15, -0.1) is 0 Å². The van der Waals surface area contributed by atoms with Gasteiger partial charge in [-0.2, -0.15) is 0 Å². The number of nitrogens with zero attached hydrogens (tertiary/aromatic N) is 1. The zero-order valence-corrected chi connectivity index (χ0v) is 7.99. The normalized spacial score (nSPS) is 22.4. The van der Waals surface area contributed by atoms with E-state index in [4.69, 9.17) is 10.9 Å². The van der Waals surface area contributed by atoms with E-state index in [1.807, 2.05) is 0 Å². The van der Waals surface area contributed by atoms with Crippen molar-refractivity contribution in [1.29, 1.82) is 0 Å². The van der Waals surface area contributed by atoms with Crippen LogP contribution in [0.1, 0.15) is 19.3 Å². The third-order valence-electron chi connectivity index (χ3n) is 2.16. The van der Waals surface area contributed by atoms with Gasteiger partial charge in [0.15, 0.2) is 0 Å². The summed E-state index contributed by atoms with van der Waals surface area (Å²) in [4.78, 5) is 10.8. The Kier molecular flexibility index (Phi) is 4.18. The quantitative estimate of drug-likeness (QED) is 0.150. The fraction of sp³-hybridized carbons (Fsp3) is 0.750. The van der Waals surface area contributed by atoms with Gasteiger partial charge >= 0.3 is 0 Å². The van der Waals surface area contributed by atoms with Crippen molar-refractivity contribution in [2.45, 2.75) is 25.3 Å². The molecule has 1 amide bonds. The molecule has 1 fully saturated rings. The Morgan fingerprint density at radius 2 is 2.57 bits per heavy atom. The van der Waals surface area contributed by atoms with E-state index in [1.54, 1.807) is 0 Å². The molecule has 1 saturated heterocycles. The van der Waals surface area contributed by atoms with Crippen molar-refractivity contribution in [3.05, 3.63) is 0 Å². The van der Waals surface area contributed by atoms with Gasteiger partial charge in [-0.25, -0.2) is 0 Å². The molecule has 1 aliphatic rings. The number of carbonyl (C=O) groups is 1. The second-order valence-corrected chi connectivity index (χ2v) is 3.35. The van der Waals surface area contributed by atoms with Crippen molar-refractivity contribution in [1.82, 2.24) is 10.6 Å². The summed E-state index contributed by atoms with van der Waals surface area (Å²) in [6.07, 6.45) is 2.01. The molecule has 6 nitrogen and oxygen atoms in total. The van der Waals surface area contributed by atoms with E-state index < -0.39 is 0 Å². The lowest BCUT2D eigenvalue weighted by atomic mass is 10.2. The van der Waals surface area contributed by atoms with Gasteiger partial charge in [0.25, 0.3) is 0 Å². The number of oxime groups is 1. The fourth-order valence-corrected chi connectivity index (χ4v) is 1.37. The van der Waals surface area contributed by atoms with Gasteiger partial charge in [0.1, 0.15) is 5.84 Å². The second kappa shape index (κ2) is 5.43. The maximum atomic E-state index is 10.8. The third-order valence-corrected chi connectivity index (χ3v) is 2.16. The number of rotatable bonds is 5. The van der Waals surface area contributed by atoms with Crippen LogP contribution in [0.5, 0.6) is 0 Å². The van der Waals surface area contributed by atoms with Crippen LogP contribution in [-0.2, 0) is 4.79 Å². The first-order chi connectivity index (χ1) is 6.72. The first-order valence-corrected chi connectivity index (χ1v) is 4.69. The van der Waals surface area contributed by atoms with E-state index in [2.05, 4.69) is 15.8 Å². The molecule has 1 heterocycles. The summed E-state index contributed by atoms with van der Waals surface area (Å²) in [5.41, 5.74) is 5.28. The summed E-state index contributed by atoms with van der Waals surface area (Å²) in [6.45, 7) is 1.40. The minimum Gasteiger partial charge on any atom is -0.409 e. The van der Waals surface area contributed by atoms with Crippen LogP contribution in [0.3, 0.4) is 0 Å². The number of hydrogen-bond donors (Lipinski definition) is 4. The fourth-order valence-electron chi connectivity index (χ4n) is 1.37. The van der Waals surface area contributed by atoms with Crippen molar-refractivity contribution in [2.24, 2.45) is 10.9 Å². The molecule has 0 aromatic carbocycles. The standard InChI is InChI=1S/C8H16N4O2/c9-7(12-14)3-4-10-5-6-1-2-8(13)11-6/h6,10,14H,1-5H2,(H2,9,12)(H,11,13). The molecule has 80 valence electrons. The van der Waals surface area contributed by atoms with Crippen molar-refractivity contribution in [3.8, 4) is 0 Å². The van der Waals surface area contributed by atoms with Gasteiger partial charge in [-0.05, 0) is 6.42 Å². The highest BCUT2D eigenvalue weighted by Crippen LogP contribution is 2.04. The Morgan fingerprint density at radius 3 is 3.14 bits per heavy atom. The van der Waals surface area contributed by atoms with Crippen molar-refractivity contribution < 1.29 is 10.0 Å². The highest BCUT2D eigenvalue weighted by atomic mass is 16.4. The summed E-state index contributed by atoms with van der Waals surface area (Å²) < 4.78 is 0. The molecule has 6 heteroatoms. The number of amidine groups is 1. The number of nitrogens with two attached hydrogens (primary N) is 1. The molecule has 0 saturated carbocycles. The van der Waals surface area contributed by atoms with E-state index in [-0.39, 0.29) is 17.8 Å². The van der Waals surface area contributed by atoms with Gasteiger partial charge in [0, 0.05) is 32.0 Å². The Hall–Kier alpha value is -1.30. The van der Waals surface area contributed by atoms with Crippen molar-refractivity contribution in [2.75, 3.05) is 13.1 Å². The lowest BCUT2D eigenvalue weighted by molar-refractivity contribution is -0.119. The molecule has 1 atom stereocenters. The first-order valence-electron chi connectivity index (χ1n) is 4.69.